The van der Waals surface area contributed by atoms with E-state index < -0.39 is 0 Å². The molecule has 0 spiro atoms. The Kier molecular flexibility index (Phi) is 12.5. The molecule has 0 bridgehead atoms. The molecule has 5 heteroatoms. The Balaban J connectivity index is 1.34. The molecule has 3 rings (SSSR count). The monoisotopic (exact) mass is 426 g/mol. The lowest BCUT2D eigenvalue weighted by Gasteiger charge is -2.23. The predicted octanol–water partition coefficient (Wildman–Crippen LogP) is 7.16. The first-order chi connectivity index (χ1) is 15.3. The van der Waals surface area contributed by atoms with E-state index in [0.29, 0.717) is 17.9 Å². The Bertz CT molecular complexity index is 474. The SMILES string of the molecule is O=C([B]C1CCCCCCC1)NC1CCCCC(N[B]C2CCCCCCC2)CCC1. The molecule has 174 valence electrons. The van der Waals surface area contributed by atoms with Crippen molar-refractivity contribution in [3.8, 4) is 0 Å². The van der Waals surface area contributed by atoms with Gasteiger partial charge in [-0.25, -0.2) is 0 Å². The zero-order valence-corrected chi connectivity index (χ0v) is 20.2. The Morgan fingerprint density at radius 3 is 1.61 bits per heavy atom. The number of amides is 1. The van der Waals surface area contributed by atoms with Gasteiger partial charge in [0.25, 0.3) is 0 Å². The molecule has 0 aromatic carbocycles. The molecular weight excluding hydrogens is 378 g/mol. The van der Waals surface area contributed by atoms with Crippen LogP contribution in [0.4, 0.5) is 4.79 Å². The first-order valence-corrected chi connectivity index (χ1v) is 14.0. The average molecular weight is 426 g/mol. The fourth-order valence-electron chi connectivity index (χ4n) is 6.04. The number of carbonyl (C=O) groups is 1. The van der Waals surface area contributed by atoms with Gasteiger partial charge in [0.2, 0.25) is 14.7 Å². The standard InChI is InChI=1S/C26H48B2N2O/c31-26(27-22-14-7-3-1-4-8-15-22)29-24-18-11-12-19-25(21-13-20-24)30-28-23-16-9-5-2-6-10-17-23/h22-25,30H,1-21H2,(H,29,31). The van der Waals surface area contributed by atoms with Crippen molar-refractivity contribution in [3.05, 3.63) is 0 Å². The summed E-state index contributed by atoms with van der Waals surface area (Å²) in [6.45, 7) is 0. The summed E-state index contributed by atoms with van der Waals surface area (Å²) in [5.74, 6) is 1.50. The normalized spacial score (nSPS) is 28.5. The van der Waals surface area contributed by atoms with E-state index in [9.17, 15) is 4.79 Å². The van der Waals surface area contributed by atoms with Crippen molar-refractivity contribution < 1.29 is 4.79 Å². The maximum Gasteiger partial charge on any atom is 0.236 e. The molecule has 2 N–H and O–H groups in total. The van der Waals surface area contributed by atoms with Crippen molar-refractivity contribution in [1.29, 1.82) is 0 Å². The first-order valence-electron chi connectivity index (χ1n) is 14.0. The van der Waals surface area contributed by atoms with Crippen LogP contribution in [0, 0.1) is 0 Å². The quantitative estimate of drug-likeness (QED) is 0.443. The van der Waals surface area contributed by atoms with Crippen LogP contribution in [0.1, 0.15) is 135 Å². The van der Waals surface area contributed by atoms with Gasteiger partial charge in [-0.2, -0.15) is 0 Å². The number of hydrogen-bond donors (Lipinski definition) is 2. The minimum Gasteiger partial charge on any atom is -0.363 e. The molecule has 2 unspecified atom stereocenters. The van der Waals surface area contributed by atoms with Gasteiger partial charge in [-0.3, -0.25) is 4.79 Å². The summed E-state index contributed by atoms with van der Waals surface area (Å²) in [7, 11) is 4.50. The number of rotatable bonds is 6. The third kappa shape index (κ3) is 10.8. The fourth-order valence-corrected chi connectivity index (χ4v) is 6.04. The second-order valence-electron chi connectivity index (χ2n) is 10.8. The molecule has 0 heterocycles. The zero-order chi connectivity index (χ0) is 21.6. The highest BCUT2D eigenvalue weighted by Gasteiger charge is 2.22. The Labute approximate surface area is 194 Å². The molecule has 0 saturated heterocycles. The van der Waals surface area contributed by atoms with E-state index in [0.717, 1.165) is 18.7 Å². The van der Waals surface area contributed by atoms with E-state index in [1.165, 1.54) is 122 Å². The van der Waals surface area contributed by atoms with Gasteiger partial charge in [-0.05, 0) is 38.1 Å². The van der Waals surface area contributed by atoms with E-state index in [2.05, 4.69) is 18.0 Å². The van der Waals surface area contributed by atoms with Gasteiger partial charge in [-0.1, -0.05) is 114 Å². The predicted molar refractivity (Wildman–Crippen MR) is 135 cm³/mol. The van der Waals surface area contributed by atoms with Crippen molar-refractivity contribution in [1.82, 2.24) is 10.5 Å². The van der Waals surface area contributed by atoms with Gasteiger partial charge in [0.1, 0.15) is 0 Å². The molecule has 0 aromatic rings. The van der Waals surface area contributed by atoms with Crippen LogP contribution < -0.4 is 10.5 Å². The highest BCUT2D eigenvalue weighted by molar-refractivity contribution is 6.74. The number of hydrogen-bond acceptors (Lipinski definition) is 2. The number of nitrogens with one attached hydrogen (secondary N) is 2. The van der Waals surface area contributed by atoms with Gasteiger partial charge in [0.05, 0.1) is 0 Å². The van der Waals surface area contributed by atoms with Crippen molar-refractivity contribution in [2.45, 2.75) is 159 Å². The van der Waals surface area contributed by atoms with E-state index in [1.807, 2.05) is 7.28 Å². The Hall–Kier alpha value is -0.440. The molecule has 3 nitrogen and oxygen atoms in total. The molecule has 31 heavy (non-hydrogen) atoms. The third-order valence-electron chi connectivity index (χ3n) is 8.06. The zero-order valence-electron chi connectivity index (χ0n) is 20.2. The summed E-state index contributed by atoms with van der Waals surface area (Å²) in [4.78, 5) is 12.7. The van der Waals surface area contributed by atoms with Gasteiger partial charge >= 0.3 is 0 Å². The lowest BCUT2D eigenvalue weighted by molar-refractivity contribution is 0.253. The molecule has 3 aliphatic carbocycles. The van der Waals surface area contributed by atoms with Crippen LogP contribution in [0.2, 0.25) is 11.6 Å². The van der Waals surface area contributed by atoms with Gasteiger partial charge < -0.3 is 10.5 Å². The summed E-state index contributed by atoms with van der Waals surface area (Å²) >= 11 is 0. The van der Waals surface area contributed by atoms with E-state index in [1.54, 1.807) is 0 Å². The van der Waals surface area contributed by atoms with Crippen LogP contribution in [-0.2, 0) is 0 Å². The Morgan fingerprint density at radius 1 is 0.516 bits per heavy atom. The highest BCUT2D eigenvalue weighted by Crippen LogP contribution is 2.27. The van der Waals surface area contributed by atoms with Crippen LogP contribution in [0.3, 0.4) is 0 Å². The van der Waals surface area contributed by atoms with Crippen molar-refractivity contribution in [2.24, 2.45) is 0 Å². The largest absolute Gasteiger partial charge is 0.363 e. The van der Waals surface area contributed by atoms with Crippen LogP contribution in [0.15, 0.2) is 0 Å². The minimum absolute atomic E-state index is 0.210. The Morgan fingerprint density at radius 2 is 0.968 bits per heavy atom. The molecule has 3 aliphatic rings. The smallest absolute Gasteiger partial charge is 0.236 e. The second-order valence-corrected chi connectivity index (χ2v) is 10.8. The maximum atomic E-state index is 12.7. The molecule has 0 aliphatic heterocycles. The molecule has 0 aromatic heterocycles. The van der Waals surface area contributed by atoms with Crippen LogP contribution in [0.5, 0.6) is 0 Å². The first kappa shape index (κ1) is 25.2. The summed E-state index contributed by atoms with van der Waals surface area (Å²) in [5.41, 5.74) is 0. The van der Waals surface area contributed by atoms with E-state index >= 15 is 0 Å². The second kappa shape index (κ2) is 15.4. The van der Waals surface area contributed by atoms with Crippen molar-refractivity contribution in [3.63, 3.8) is 0 Å². The summed E-state index contributed by atoms with van der Waals surface area (Å²) in [5, 5.41) is 7.22. The molecule has 2 radical (unpaired) electrons. The highest BCUT2D eigenvalue weighted by atomic mass is 16.1. The summed E-state index contributed by atoms with van der Waals surface area (Å²) in [6.07, 6.45) is 27.6. The summed E-state index contributed by atoms with van der Waals surface area (Å²) < 4.78 is 0. The maximum absolute atomic E-state index is 12.7. The summed E-state index contributed by atoms with van der Waals surface area (Å²) in [6, 6.07) is 1.02. The van der Waals surface area contributed by atoms with Gasteiger partial charge in [0.15, 0.2) is 5.81 Å². The lowest BCUT2D eigenvalue weighted by atomic mass is 9.59. The van der Waals surface area contributed by atoms with Crippen LogP contribution in [-0.4, -0.2) is 32.6 Å². The van der Waals surface area contributed by atoms with Gasteiger partial charge in [0, 0.05) is 6.04 Å². The van der Waals surface area contributed by atoms with Crippen molar-refractivity contribution >= 4 is 20.5 Å². The molecule has 3 saturated carbocycles. The van der Waals surface area contributed by atoms with Crippen molar-refractivity contribution in [2.75, 3.05) is 0 Å². The lowest BCUT2D eigenvalue weighted by Crippen LogP contribution is -2.38. The van der Waals surface area contributed by atoms with E-state index in [-0.39, 0.29) is 5.81 Å². The van der Waals surface area contributed by atoms with Gasteiger partial charge in [-0.15, -0.1) is 0 Å². The number of carbonyl (C=O) groups excluding carboxylic acids is 1. The molecule has 2 atom stereocenters. The minimum atomic E-state index is 0.210. The molecule has 1 amide bonds. The molecular formula is C26H48B2N2O. The fraction of sp³-hybridized carbons (Fsp3) is 0.962. The van der Waals surface area contributed by atoms with E-state index in [4.69, 9.17) is 0 Å². The van der Waals surface area contributed by atoms with Crippen LogP contribution in [0.25, 0.3) is 0 Å². The topological polar surface area (TPSA) is 41.1 Å². The molecule has 3 fully saturated rings. The van der Waals surface area contributed by atoms with Crippen LogP contribution >= 0.6 is 0 Å². The third-order valence-corrected chi connectivity index (χ3v) is 8.06. The average Bonchev–Trinajstić information content (AvgIpc) is 2.81.